The molecule has 1 aliphatic rings. The van der Waals surface area contributed by atoms with Crippen LogP contribution in [0.15, 0.2) is 29.2 Å². The van der Waals surface area contributed by atoms with Crippen LogP contribution in [0.5, 0.6) is 0 Å². The van der Waals surface area contributed by atoms with Crippen LogP contribution in [0.1, 0.15) is 31.7 Å². The average Bonchev–Trinajstić information content (AvgIpc) is 2.52. The van der Waals surface area contributed by atoms with E-state index >= 15 is 0 Å². The predicted octanol–water partition coefficient (Wildman–Crippen LogP) is 2.36. The second-order valence-corrected chi connectivity index (χ2v) is 8.37. The normalized spacial score (nSPS) is 19.6. The molecular formula is C15H24N2O2S2. The van der Waals surface area contributed by atoms with E-state index in [0.29, 0.717) is 23.2 Å². The maximum absolute atomic E-state index is 12.5. The Bertz CT molecular complexity index is 540. The molecule has 0 radical (unpaired) electrons. The van der Waals surface area contributed by atoms with E-state index in [-0.39, 0.29) is 0 Å². The Morgan fingerprint density at radius 3 is 2.81 bits per heavy atom. The number of hydrogen-bond donors (Lipinski definition) is 2. The lowest BCUT2D eigenvalue weighted by Crippen LogP contribution is -2.32. The first-order valence-corrected chi connectivity index (χ1v) is 10.1. The number of rotatable bonds is 7. The van der Waals surface area contributed by atoms with E-state index in [9.17, 15) is 8.42 Å². The Morgan fingerprint density at radius 1 is 1.29 bits per heavy atom. The molecule has 2 N–H and O–H groups in total. The lowest BCUT2D eigenvalue weighted by molar-refractivity contribution is 0.571. The topological polar surface area (TPSA) is 58.2 Å². The van der Waals surface area contributed by atoms with Crippen molar-refractivity contribution in [3.05, 3.63) is 29.8 Å². The van der Waals surface area contributed by atoms with Gasteiger partial charge in [0.1, 0.15) is 0 Å². The molecule has 1 fully saturated rings. The molecule has 1 unspecified atom stereocenters. The highest BCUT2D eigenvalue weighted by Crippen LogP contribution is 2.25. The highest BCUT2D eigenvalue weighted by Gasteiger charge is 2.21. The monoisotopic (exact) mass is 328 g/mol. The molecule has 1 aromatic carbocycles. The first kappa shape index (κ1) is 16.8. The second-order valence-electron chi connectivity index (χ2n) is 5.23. The molecule has 6 heteroatoms. The quantitative estimate of drug-likeness (QED) is 0.807. The molecule has 0 saturated carbocycles. The summed E-state index contributed by atoms with van der Waals surface area (Å²) < 4.78 is 27.8. The van der Waals surface area contributed by atoms with Gasteiger partial charge in [-0.1, -0.05) is 31.5 Å². The van der Waals surface area contributed by atoms with Crippen molar-refractivity contribution in [1.82, 2.24) is 10.0 Å². The third-order valence-corrected chi connectivity index (χ3v) is 6.52. The van der Waals surface area contributed by atoms with Crippen LogP contribution in [-0.2, 0) is 16.6 Å². The molecular weight excluding hydrogens is 304 g/mol. The molecule has 4 nitrogen and oxygen atoms in total. The Labute approximate surface area is 132 Å². The largest absolute Gasteiger partial charge is 0.313 e. The van der Waals surface area contributed by atoms with E-state index in [1.54, 1.807) is 12.1 Å². The molecule has 0 amide bonds. The number of nitrogens with one attached hydrogen (secondary N) is 2. The standard InChI is InChI=1S/C15H24N2O2S2/c1-2-16-11-13-7-3-4-9-15(13)21(18,19)17-12-14-8-5-6-10-20-14/h3-4,7,9,14,16-17H,2,5-6,8,10-12H2,1H3. The van der Waals surface area contributed by atoms with E-state index in [1.165, 1.54) is 12.8 Å². The van der Waals surface area contributed by atoms with Crippen LogP contribution in [-0.4, -0.2) is 32.5 Å². The molecule has 0 bridgehead atoms. The van der Waals surface area contributed by atoms with Gasteiger partial charge in [0.25, 0.3) is 0 Å². The van der Waals surface area contributed by atoms with Crippen molar-refractivity contribution in [1.29, 1.82) is 0 Å². The van der Waals surface area contributed by atoms with E-state index in [2.05, 4.69) is 10.0 Å². The zero-order valence-electron chi connectivity index (χ0n) is 12.5. The summed E-state index contributed by atoms with van der Waals surface area (Å²) in [5.74, 6) is 1.14. The smallest absolute Gasteiger partial charge is 0.240 e. The van der Waals surface area contributed by atoms with Crippen LogP contribution in [0.25, 0.3) is 0 Å². The maximum Gasteiger partial charge on any atom is 0.240 e. The zero-order valence-corrected chi connectivity index (χ0v) is 14.1. The summed E-state index contributed by atoms with van der Waals surface area (Å²) in [6.07, 6.45) is 3.56. The lowest BCUT2D eigenvalue weighted by atomic mass is 10.2. The van der Waals surface area contributed by atoms with Gasteiger partial charge < -0.3 is 5.32 Å². The first-order chi connectivity index (χ1) is 10.1. The Morgan fingerprint density at radius 2 is 2.10 bits per heavy atom. The van der Waals surface area contributed by atoms with Gasteiger partial charge in [-0.3, -0.25) is 0 Å². The van der Waals surface area contributed by atoms with E-state index in [4.69, 9.17) is 0 Å². The van der Waals surface area contributed by atoms with Crippen LogP contribution < -0.4 is 10.0 Å². The minimum Gasteiger partial charge on any atom is -0.313 e. The summed E-state index contributed by atoms with van der Waals surface area (Å²) in [7, 11) is -3.42. The van der Waals surface area contributed by atoms with Crippen LogP contribution >= 0.6 is 11.8 Å². The van der Waals surface area contributed by atoms with Gasteiger partial charge in [-0.2, -0.15) is 11.8 Å². The number of benzene rings is 1. The fourth-order valence-corrected chi connectivity index (χ4v) is 5.08. The molecule has 1 aromatic rings. The Hall–Kier alpha value is -0.560. The number of thioether (sulfide) groups is 1. The zero-order chi connectivity index (χ0) is 15.1. The first-order valence-electron chi connectivity index (χ1n) is 7.53. The predicted molar refractivity (Wildman–Crippen MR) is 89.1 cm³/mol. The molecule has 2 rings (SSSR count). The molecule has 0 spiro atoms. The highest BCUT2D eigenvalue weighted by molar-refractivity contribution is 8.00. The highest BCUT2D eigenvalue weighted by atomic mass is 32.2. The minimum atomic E-state index is -3.42. The molecule has 21 heavy (non-hydrogen) atoms. The van der Waals surface area contributed by atoms with Crippen molar-refractivity contribution < 1.29 is 8.42 Å². The van der Waals surface area contributed by atoms with Crippen LogP contribution in [0, 0.1) is 0 Å². The molecule has 118 valence electrons. The summed E-state index contributed by atoms with van der Waals surface area (Å²) in [5, 5.41) is 3.60. The minimum absolute atomic E-state index is 0.395. The Kier molecular flexibility index (Phi) is 6.54. The van der Waals surface area contributed by atoms with Crippen molar-refractivity contribution >= 4 is 21.8 Å². The van der Waals surface area contributed by atoms with Crippen molar-refractivity contribution in [2.45, 2.75) is 42.9 Å². The van der Waals surface area contributed by atoms with Crippen molar-refractivity contribution in [2.24, 2.45) is 0 Å². The van der Waals surface area contributed by atoms with Gasteiger partial charge in [0.15, 0.2) is 0 Å². The van der Waals surface area contributed by atoms with Gasteiger partial charge in [0.05, 0.1) is 4.90 Å². The lowest BCUT2D eigenvalue weighted by Gasteiger charge is -2.21. The fraction of sp³-hybridized carbons (Fsp3) is 0.600. The molecule has 1 saturated heterocycles. The van der Waals surface area contributed by atoms with Gasteiger partial charge in [0.2, 0.25) is 10.0 Å². The van der Waals surface area contributed by atoms with Gasteiger partial charge in [-0.25, -0.2) is 13.1 Å². The van der Waals surface area contributed by atoms with E-state index < -0.39 is 10.0 Å². The third kappa shape index (κ3) is 4.98. The molecule has 1 aliphatic heterocycles. The average molecular weight is 329 g/mol. The fourth-order valence-electron chi connectivity index (χ4n) is 2.42. The van der Waals surface area contributed by atoms with Crippen LogP contribution in [0.4, 0.5) is 0 Å². The maximum atomic E-state index is 12.5. The molecule has 0 aromatic heterocycles. The van der Waals surface area contributed by atoms with E-state index in [0.717, 1.165) is 24.3 Å². The summed E-state index contributed by atoms with van der Waals surface area (Å²) in [6, 6.07) is 7.21. The van der Waals surface area contributed by atoms with Crippen LogP contribution in [0.3, 0.4) is 0 Å². The van der Waals surface area contributed by atoms with Crippen molar-refractivity contribution in [3.63, 3.8) is 0 Å². The Balaban J connectivity index is 2.04. The molecule has 0 aliphatic carbocycles. The number of hydrogen-bond acceptors (Lipinski definition) is 4. The van der Waals surface area contributed by atoms with Gasteiger partial charge >= 0.3 is 0 Å². The van der Waals surface area contributed by atoms with Crippen molar-refractivity contribution in [3.8, 4) is 0 Å². The van der Waals surface area contributed by atoms with Crippen molar-refractivity contribution in [2.75, 3.05) is 18.8 Å². The van der Waals surface area contributed by atoms with E-state index in [1.807, 2.05) is 30.8 Å². The third-order valence-electron chi connectivity index (χ3n) is 3.60. The summed E-state index contributed by atoms with van der Waals surface area (Å²) in [5.41, 5.74) is 0.822. The SMILES string of the molecule is CCNCc1ccccc1S(=O)(=O)NCC1CCCCS1. The number of sulfonamides is 1. The van der Waals surface area contributed by atoms with Gasteiger partial charge in [-0.15, -0.1) is 0 Å². The molecule has 1 heterocycles. The van der Waals surface area contributed by atoms with Gasteiger partial charge in [-0.05, 0) is 36.8 Å². The summed E-state index contributed by atoms with van der Waals surface area (Å²) in [4.78, 5) is 0.395. The summed E-state index contributed by atoms with van der Waals surface area (Å²) in [6.45, 7) is 3.94. The van der Waals surface area contributed by atoms with Gasteiger partial charge in [0, 0.05) is 18.3 Å². The van der Waals surface area contributed by atoms with Crippen LogP contribution in [0.2, 0.25) is 0 Å². The molecule has 1 atom stereocenters. The summed E-state index contributed by atoms with van der Waals surface area (Å²) >= 11 is 1.88. The second kappa shape index (κ2) is 8.17.